The monoisotopic (exact) mass is 208 g/mol. The van der Waals surface area contributed by atoms with Crippen molar-refractivity contribution in [1.82, 2.24) is 19.6 Å². The first-order chi connectivity index (χ1) is 6.83. The van der Waals surface area contributed by atoms with Gasteiger partial charge in [-0.1, -0.05) is 18.7 Å². The molecule has 0 amide bonds. The molecule has 14 heavy (non-hydrogen) atoms. The largest absolute Gasteiger partial charge is 0.298 e. The van der Waals surface area contributed by atoms with Gasteiger partial charge in [-0.05, 0) is 5.75 Å². The molecule has 72 valence electrons. The molecule has 2 aromatic rings. The number of hydrogen-bond acceptors (Lipinski definition) is 5. The third kappa shape index (κ3) is 1.60. The van der Waals surface area contributed by atoms with Crippen molar-refractivity contribution in [2.75, 3.05) is 5.75 Å². The van der Waals surface area contributed by atoms with Gasteiger partial charge < -0.3 is 0 Å². The molecule has 0 spiro atoms. The van der Waals surface area contributed by atoms with Gasteiger partial charge in [0, 0.05) is 12.4 Å². The van der Waals surface area contributed by atoms with Crippen LogP contribution >= 0.6 is 11.8 Å². The van der Waals surface area contributed by atoms with Crippen LogP contribution in [0.2, 0.25) is 0 Å². The van der Waals surface area contributed by atoms with Gasteiger partial charge in [-0.2, -0.15) is 4.98 Å². The zero-order valence-corrected chi connectivity index (χ0v) is 8.36. The van der Waals surface area contributed by atoms with Gasteiger partial charge in [0.2, 0.25) is 5.16 Å². The second-order valence-electron chi connectivity index (χ2n) is 2.58. The fourth-order valence-corrected chi connectivity index (χ4v) is 1.58. The van der Waals surface area contributed by atoms with Crippen LogP contribution in [0.1, 0.15) is 17.3 Å². The normalized spacial score (nSPS) is 10.6. The van der Waals surface area contributed by atoms with Gasteiger partial charge in [-0.3, -0.25) is 4.79 Å². The van der Waals surface area contributed by atoms with Crippen molar-refractivity contribution in [3.8, 4) is 0 Å². The van der Waals surface area contributed by atoms with E-state index < -0.39 is 0 Å². The number of fused-ring (bicyclic) bond motifs is 1. The predicted molar refractivity (Wildman–Crippen MR) is 52.6 cm³/mol. The van der Waals surface area contributed by atoms with Crippen molar-refractivity contribution >= 4 is 23.8 Å². The summed E-state index contributed by atoms with van der Waals surface area (Å²) in [5.41, 5.74) is 0.496. The molecule has 2 aromatic heterocycles. The third-order valence-corrected chi connectivity index (χ3v) is 2.32. The Bertz CT molecular complexity index is 467. The van der Waals surface area contributed by atoms with Gasteiger partial charge in [0.15, 0.2) is 6.29 Å². The number of carbonyl (C=O) groups is 1. The first-order valence-corrected chi connectivity index (χ1v) is 5.12. The molecule has 2 rings (SSSR count). The summed E-state index contributed by atoms with van der Waals surface area (Å²) in [6.45, 7) is 2.03. The minimum absolute atomic E-state index is 0.496. The zero-order chi connectivity index (χ0) is 9.97. The molecule has 0 aliphatic carbocycles. The van der Waals surface area contributed by atoms with Crippen LogP contribution in [0.25, 0.3) is 5.78 Å². The van der Waals surface area contributed by atoms with E-state index in [1.165, 1.54) is 10.7 Å². The Morgan fingerprint density at radius 2 is 2.50 bits per heavy atom. The number of aromatic nitrogens is 4. The number of nitrogens with zero attached hydrogens (tertiary/aromatic N) is 4. The van der Waals surface area contributed by atoms with Gasteiger partial charge in [0.25, 0.3) is 5.78 Å². The average Bonchev–Trinajstić information content (AvgIpc) is 2.59. The molecular weight excluding hydrogens is 200 g/mol. The minimum atomic E-state index is 0.496. The van der Waals surface area contributed by atoms with Crippen LogP contribution in [0.15, 0.2) is 17.6 Å². The quantitative estimate of drug-likeness (QED) is 0.557. The topological polar surface area (TPSA) is 60.2 Å². The smallest absolute Gasteiger partial charge is 0.253 e. The zero-order valence-electron chi connectivity index (χ0n) is 7.54. The van der Waals surface area contributed by atoms with E-state index in [1.54, 1.807) is 18.0 Å². The predicted octanol–water partition coefficient (Wildman–Crippen LogP) is 1.05. The van der Waals surface area contributed by atoms with Crippen LogP contribution in [0.4, 0.5) is 0 Å². The lowest BCUT2D eigenvalue weighted by Crippen LogP contribution is -1.93. The van der Waals surface area contributed by atoms with E-state index >= 15 is 0 Å². The number of thioether (sulfide) groups is 1. The Kier molecular flexibility index (Phi) is 2.45. The molecule has 0 aliphatic heterocycles. The molecule has 0 bridgehead atoms. The molecule has 0 radical (unpaired) electrons. The maximum atomic E-state index is 10.5. The van der Waals surface area contributed by atoms with Crippen molar-refractivity contribution in [1.29, 1.82) is 0 Å². The summed E-state index contributed by atoms with van der Waals surface area (Å²) < 4.78 is 1.52. The molecule has 0 N–H and O–H groups in total. The van der Waals surface area contributed by atoms with Crippen LogP contribution < -0.4 is 0 Å². The summed E-state index contributed by atoms with van der Waals surface area (Å²) in [4.78, 5) is 18.6. The molecule has 0 saturated carbocycles. The van der Waals surface area contributed by atoms with Gasteiger partial charge in [-0.25, -0.2) is 9.50 Å². The lowest BCUT2D eigenvalue weighted by molar-refractivity contribution is 0.112. The summed E-state index contributed by atoms with van der Waals surface area (Å²) in [7, 11) is 0. The Labute approximate surface area is 84.6 Å². The second kappa shape index (κ2) is 3.75. The van der Waals surface area contributed by atoms with Crippen molar-refractivity contribution in [2.45, 2.75) is 12.1 Å². The van der Waals surface area contributed by atoms with Crippen LogP contribution in [-0.2, 0) is 0 Å². The maximum absolute atomic E-state index is 10.5. The van der Waals surface area contributed by atoms with Crippen molar-refractivity contribution < 1.29 is 4.79 Å². The molecule has 0 atom stereocenters. The summed E-state index contributed by atoms with van der Waals surface area (Å²) in [5.74, 6) is 1.43. The lowest BCUT2D eigenvalue weighted by Gasteiger charge is -1.89. The summed E-state index contributed by atoms with van der Waals surface area (Å²) in [5, 5.41) is 4.84. The van der Waals surface area contributed by atoms with Crippen LogP contribution in [0.3, 0.4) is 0 Å². The van der Waals surface area contributed by atoms with Crippen molar-refractivity contribution in [3.05, 3.63) is 18.0 Å². The number of aldehydes is 1. The van der Waals surface area contributed by atoms with E-state index in [2.05, 4.69) is 15.1 Å². The molecular formula is C8H8N4OS. The minimum Gasteiger partial charge on any atom is -0.298 e. The number of rotatable bonds is 3. The summed E-state index contributed by atoms with van der Waals surface area (Å²) in [6.07, 6.45) is 3.83. The SMILES string of the molecule is CCSc1nc2ncc(C=O)cn2n1. The average molecular weight is 208 g/mol. The van der Waals surface area contributed by atoms with Gasteiger partial charge in [0.1, 0.15) is 0 Å². The van der Waals surface area contributed by atoms with E-state index in [4.69, 9.17) is 0 Å². The highest BCUT2D eigenvalue weighted by Gasteiger charge is 2.04. The van der Waals surface area contributed by atoms with Gasteiger partial charge >= 0.3 is 0 Å². The van der Waals surface area contributed by atoms with E-state index in [-0.39, 0.29) is 0 Å². The van der Waals surface area contributed by atoms with Crippen LogP contribution in [-0.4, -0.2) is 31.6 Å². The highest BCUT2D eigenvalue weighted by atomic mass is 32.2. The third-order valence-electron chi connectivity index (χ3n) is 1.60. The van der Waals surface area contributed by atoms with Crippen molar-refractivity contribution in [3.63, 3.8) is 0 Å². The van der Waals surface area contributed by atoms with Gasteiger partial charge in [-0.15, -0.1) is 5.10 Å². The van der Waals surface area contributed by atoms with E-state index in [0.29, 0.717) is 16.5 Å². The fraction of sp³-hybridized carbons (Fsp3) is 0.250. The molecule has 0 fully saturated rings. The molecule has 0 aliphatic rings. The summed E-state index contributed by atoms with van der Waals surface area (Å²) in [6, 6.07) is 0. The van der Waals surface area contributed by atoms with E-state index in [0.717, 1.165) is 12.0 Å². The van der Waals surface area contributed by atoms with Crippen LogP contribution in [0.5, 0.6) is 0 Å². The van der Waals surface area contributed by atoms with Crippen LogP contribution in [0, 0.1) is 0 Å². The second-order valence-corrected chi connectivity index (χ2v) is 3.81. The fourth-order valence-electron chi connectivity index (χ4n) is 1.03. The Balaban J connectivity index is 2.48. The standard InChI is InChI=1S/C8H8N4OS/c1-2-14-8-10-7-9-3-6(5-13)4-12(7)11-8/h3-5H,2H2,1H3. The highest BCUT2D eigenvalue weighted by Crippen LogP contribution is 2.12. The maximum Gasteiger partial charge on any atom is 0.253 e. The molecule has 0 aromatic carbocycles. The number of hydrogen-bond donors (Lipinski definition) is 0. The van der Waals surface area contributed by atoms with Gasteiger partial charge in [0.05, 0.1) is 5.56 Å². The Morgan fingerprint density at radius 1 is 1.64 bits per heavy atom. The molecule has 2 heterocycles. The first-order valence-electron chi connectivity index (χ1n) is 4.14. The summed E-state index contributed by atoms with van der Waals surface area (Å²) >= 11 is 1.54. The Hall–Kier alpha value is -1.43. The molecule has 0 saturated heterocycles. The molecule has 6 heteroatoms. The number of carbonyl (C=O) groups excluding carboxylic acids is 1. The molecule has 5 nitrogen and oxygen atoms in total. The first kappa shape index (κ1) is 9.14. The van der Waals surface area contributed by atoms with E-state index in [9.17, 15) is 4.79 Å². The van der Waals surface area contributed by atoms with Crippen molar-refractivity contribution in [2.24, 2.45) is 0 Å². The van der Waals surface area contributed by atoms with E-state index in [1.807, 2.05) is 6.92 Å². The molecule has 0 unspecified atom stereocenters. The highest BCUT2D eigenvalue weighted by molar-refractivity contribution is 7.99. The lowest BCUT2D eigenvalue weighted by atomic mass is 10.4. The Morgan fingerprint density at radius 3 is 3.21 bits per heavy atom.